The third kappa shape index (κ3) is 3.59. The third-order valence-electron chi connectivity index (χ3n) is 7.87. The van der Waals surface area contributed by atoms with Crippen molar-refractivity contribution in [1.29, 1.82) is 0 Å². The number of aliphatic carboxylic acids is 2. The fourth-order valence-corrected chi connectivity index (χ4v) is 4.41. The number of hydrogen-bond acceptors (Lipinski definition) is 2. The van der Waals surface area contributed by atoms with Gasteiger partial charge in [0.15, 0.2) is 0 Å². The minimum atomic E-state index is -0.956. The lowest BCUT2D eigenvalue weighted by Crippen LogP contribution is -2.57. The van der Waals surface area contributed by atoms with E-state index < -0.39 is 39.0 Å². The number of rotatable bonds is 8. The fraction of sp³-hybridized carbons (Fsp3) is 0.905. The van der Waals surface area contributed by atoms with Gasteiger partial charge in [0, 0.05) is 0 Å². The zero-order valence-electron chi connectivity index (χ0n) is 18.2. The van der Waals surface area contributed by atoms with Gasteiger partial charge < -0.3 is 10.2 Å². The van der Waals surface area contributed by atoms with Crippen LogP contribution in [0.3, 0.4) is 0 Å². The maximum absolute atomic E-state index is 12.3. The monoisotopic (exact) mass is 356 g/mol. The van der Waals surface area contributed by atoms with Crippen molar-refractivity contribution >= 4 is 11.9 Å². The van der Waals surface area contributed by atoms with Crippen LogP contribution in [0.4, 0.5) is 0 Å². The summed E-state index contributed by atoms with van der Waals surface area (Å²) in [5.41, 5.74) is -3.41. The Morgan fingerprint density at radius 1 is 0.840 bits per heavy atom. The van der Waals surface area contributed by atoms with Crippen molar-refractivity contribution in [2.24, 2.45) is 33.0 Å². The summed E-state index contributed by atoms with van der Waals surface area (Å²) in [6, 6.07) is 0. The van der Waals surface area contributed by atoms with Crippen molar-refractivity contribution in [3.63, 3.8) is 0 Å². The van der Waals surface area contributed by atoms with Gasteiger partial charge in [0.1, 0.15) is 0 Å². The SMILES string of the molecule is CCC(C)(C(C)(C)CC(C)(C(=O)O)C(C)(C)C)C(C)(C(=O)O)C(C)C. The first-order valence-corrected chi connectivity index (χ1v) is 9.32. The average molecular weight is 357 g/mol. The molecule has 3 atom stereocenters. The van der Waals surface area contributed by atoms with Crippen LogP contribution in [-0.4, -0.2) is 22.2 Å². The molecule has 0 rings (SSSR count). The third-order valence-corrected chi connectivity index (χ3v) is 7.87. The summed E-state index contributed by atoms with van der Waals surface area (Å²) >= 11 is 0. The van der Waals surface area contributed by atoms with E-state index in [1.807, 2.05) is 69.2 Å². The van der Waals surface area contributed by atoms with Gasteiger partial charge in [-0.05, 0) is 48.9 Å². The molecule has 4 nitrogen and oxygen atoms in total. The zero-order valence-corrected chi connectivity index (χ0v) is 18.2. The van der Waals surface area contributed by atoms with Crippen molar-refractivity contribution in [3.05, 3.63) is 0 Å². The first-order valence-electron chi connectivity index (χ1n) is 9.32. The van der Waals surface area contributed by atoms with E-state index in [2.05, 4.69) is 0 Å². The molecular formula is C21H40O4. The summed E-state index contributed by atoms with van der Waals surface area (Å²) in [5, 5.41) is 20.1. The van der Waals surface area contributed by atoms with Gasteiger partial charge in [-0.2, -0.15) is 0 Å². The van der Waals surface area contributed by atoms with Crippen LogP contribution in [-0.2, 0) is 9.59 Å². The zero-order chi connectivity index (χ0) is 20.6. The van der Waals surface area contributed by atoms with Crippen LogP contribution < -0.4 is 0 Å². The molecule has 4 heteroatoms. The summed E-state index contributed by atoms with van der Waals surface area (Å²) in [7, 11) is 0. The van der Waals surface area contributed by atoms with Crippen molar-refractivity contribution in [2.45, 2.75) is 89.0 Å². The van der Waals surface area contributed by atoms with Crippen LogP contribution in [0.2, 0.25) is 0 Å². The van der Waals surface area contributed by atoms with Crippen molar-refractivity contribution in [3.8, 4) is 0 Å². The van der Waals surface area contributed by atoms with E-state index in [4.69, 9.17) is 0 Å². The molecule has 0 saturated heterocycles. The molecule has 0 aliphatic heterocycles. The molecule has 0 spiro atoms. The molecule has 0 aliphatic rings. The van der Waals surface area contributed by atoms with E-state index >= 15 is 0 Å². The minimum Gasteiger partial charge on any atom is -0.481 e. The fourth-order valence-electron chi connectivity index (χ4n) is 4.41. The summed E-state index contributed by atoms with van der Waals surface area (Å²) in [6.07, 6.45) is 1.08. The molecule has 148 valence electrons. The lowest BCUT2D eigenvalue weighted by atomic mass is 9.45. The average Bonchev–Trinajstić information content (AvgIpc) is 2.42. The highest BCUT2D eigenvalue weighted by Gasteiger charge is 2.61. The molecule has 0 aromatic heterocycles. The van der Waals surface area contributed by atoms with E-state index in [1.165, 1.54) is 0 Å². The second-order valence-electron chi connectivity index (χ2n) is 10.3. The molecule has 0 aliphatic carbocycles. The number of hydrogen-bond donors (Lipinski definition) is 2. The quantitative estimate of drug-likeness (QED) is 0.584. The van der Waals surface area contributed by atoms with Crippen LogP contribution in [0.15, 0.2) is 0 Å². The molecule has 25 heavy (non-hydrogen) atoms. The maximum atomic E-state index is 12.3. The number of carboxylic acid groups (broad SMARTS) is 2. The molecule has 3 unspecified atom stereocenters. The van der Waals surface area contributed by atoms with Crippen LogP contribution in [0, 0.1) is 33.0 Å². The highest BCUT2D eigenvalue weighted by atomic mass is 16.4. The molecule has 0 radical (unpaired) electrons. The molecule has 0 amide bonds. The smallest absolute Gasteiger partial charge is 0.310 e. The Bertz CT molecular complexity index is 514. The lowest BCUT2D eigenvalue weighted by Gasteiger charge is -2.58. The Morgan fingerprint density at radius 2 is 1.24 bits per heavy atom. The Hall–Kier alpha value is -1.06. The Balaban J connectivity index is 6.43. The van der Waals surface area contributed by atoms with Crippen molar-refractivity contribution < 1.29 is 19.8 Å². The number of carboxylic acids is 2. The van der Waals surface area contributed by atoms with Gasteiger partial charge in [-0.3, -0.25) is 9.59 Å². The Labute approximate surface area is 154 Å². The molecule has 0 saturated carbocycles. The minimum absolute atomic E-state index is 0.0695. The number of carbonyl (C=O) groups is 2. The van der Waals surface area contributed by atoms with E-state index in [0.29, 0.717) is 12.8 Å². The van der Waals surface area contributed by atoms with Gasteiger partial charge in [0.25, 0.3) is 0 Å². The van der Waals surface area contributed by atoms with Crippen molar-refractivity contribution in [2.75, 3.05) is 0 Å². The topological polar surface area (TPSA) is 74.6 Å². The van der Waals surface area contributed by atoms with Gasteiger partial charge in [0.2, 0.25) is 0 Å². The van der Waals surface area contributed by atoms with E-state index in [9.17, 15) is 19.8 Å². The van der Waals surface area contributed by atoms with E-state index in [1.54, 1.807) is 6.92 Å². The maximum Gasteiger partial charge on any atom is 0.310 e. The first-order chi connectivity index (χ1) is 10.8. The molecule has 0 fully saturated rings. The van der Waals surface area contributed by atoms with Crippen LogP contribution in [0.1, 0.15) is 89.0 Å². The molecule has 0 aromatic carbocycles. The standard InChI is InChI=1S/C21H40O4/c1-12-20(10,21(11,14(2)3)16(24)25)18(7,8)13-19(9,15(22)23)17(4,5)6/h14H,12-13H2,1-11H3,(H,22,23)(H,24,25). The predicted octanol–water partition coefficient (Wildman–Crippen LogP) is 5.70. The van der Waals surface area contributed by atoms with E-state index in [0.717, 1.165) is 0 Å². The van der Waals surface area contributed by atoms with Gasteiger partial charge in [0.05, 0.1) is 10.8 Å². The second-order valence-corrected chi connectivity index (χ2v) is 10.3. The lowest BCUT2D eigenvalue weighted by molar-refractivity contribution is -0.180. The van der Waals surface area contributed by atoms with Gasteiger partial charge >= 0.3 is 11.9 Å². The van der Waals surface area contributed by atoms with Crippen LogP contribution in [0.5, 0.6) is 0 Å². The highest BCUT2D eigenvalue weighted by molar-refractivity contribution is 5.77. The highest BCUT2D eigenvalue weighted by Crippen LogP contribution is 2.62. The van der Waals surface area contributed by atoms with E-state index in [-0.39, 0.29) is 5.92 Å². The summed E-state index contributed by atoms with van der Waals surface area (Å²) < 4.78 is 0. The summed E-state index contributed by atoms with van der Waals surface area (Å²) in [5.74, 6) is -1.71. The normalized spacial score (nSPS) is 20.5. The Morgan fingerprint density at radius 3 is 1.44 bits per heavy atom. The summed E-state index contributed by atoms with van der Waals surface area (Å²) in [4.78, 5) is 24.5. The van der Waals surface area contributed by atoms with Gasteiger partial charge in [-0.1, -0.05) is 62.3 Å². The Kier molecular flexibility index (Phi) is 6.63. The second kappa shape index (κ2) is 6.92. The predicted molar refractivity (Wildman–Crippen MR) is 103 cm³/mol. The largest absolute Gasteiger partial charge is 0.481 e. The summed E-state index contributed by atoms with van der Waals surface area (Å²) in [6.45, 7) is 21.4. The van der Waals surface area contributed by atoms with Crippen LogP contribution in [0.25, 0.3) is 0 Å². The van der Waals surface area contributed by atoms with Gasteiger partial charge in [-0.25, -0.2) is 0 Å². The van der Waals surface area contributed by atoms with Crippen LogP contribution >= 0.6 is 0 Å². The molecule has 0 heterocycles. The molecule has 2 N–H and O–H groups in total. The van der Waals surface area contributed by atoms with Gasteiger partial charge in [-0.15, -0.1) is 0 Å². The molecular weight excluding hydrogens is 316 g/mol. The van der Waals surface area contributed by atoms with Crippen molar-refractivity contribution in [1.82, 2.24) is 0 Å². The molecule has 0 aromatic rings. The molecule has 0 bridgehead atoms. The first kappa shape index (κ1) is 23.9.